The van der Waals surface area contributed by atoms with E-state index in [-0.39, 0.29) is 13.0 Å². The number of carboxylic acid groups (broad SMARTS) is 1. The predicted molar refractivity (Wildman–Crippen MR) is 76.9 cm³/mol. The third-order valence-electron chi connectivity index (χ3n) is 2.83. The Labute approximate surface area is 119 Å². The molecule has 0 saturated heterocycles. The van der Waals surface area contributed by atoms with Gasteiger partial charge in [-0.15, -0.1) is 0 Å². The zero-order valence-electron chi connectivity index (χ0n) is 11.7. The molecule has 5 heteroatoms. The molecule has 0 aromatic heterocycles. The minimum absolute atomic E-state index is 0.0103. The average molecular weight is 276 g/mol. The standard InChI is InChI=1S/C15H20N2O3/c1-2-3-12-20-14-6-4-13(5-7-14)17(11-9-16)10-8-15(18)19/h4-7H,2-3,8,10-12H2,1H3,(H,18,19). The Kier molecular flexibility index (Phi) is 6.97. The monoisotopic (exact) mass is 276 g/mol. The fraction of sp³-hybridized carbons (Fsp3) is 0.467. The molecule has 0 aliphatic rings. The number of carbonyl (C=O) groups is 1. The zero-order chi connectivity index (χ0) is 14.8. The summed E-state index contributed by atoms with van der Waals surface area (Å²) in [4.78, 5) is 12.4. The third kappa shape index (κ3) is 5.61. The molecule has 1 aromatic rings. The fourth-order valence-electron chi connectivity index (χ4n) is 1.70. The van der Waals surface area contributed by atoms with Gasteiger partial charge in [0, 0.05) is 12.2 Å². The SMILES string of the molecule is CCCCOc1ccc(N(CC#N)CCC(=O)O)cc1. The van der Waals surface area contributed by atoms with Gasteiger partial charge in [-0.05, 0) is 30.7 Å². The second-order valence-electron chi connectivity index (χ2n) is 4.42. The summed E-state index contributed by atoms with van der Waals surface area (Å²) in [5, 5.41) is 17.5. The van der Waals surface area contributed by atoms with Crippen LogP contribution in [0.25, 0.3) is 0 Å². The van der Waals surface area contributed by atoms with Gasteiger partial charge in [0.2, 0.25) is 0 Å². The van der Waals surface area contributed by atoms with Crippen molar-refractivity contribution in [2.45, 2.75) is 26.2 Å². The van der Waals surface area contributed by atoms with Crippen LogP contribution in [0.2, 0.25) is 0 Å². The van der Waals surface area contributed by atoms with Gasteiger partial charge in [-0.2, -0.15) is 5.26 Å². The molecular weight excluding hydrogens is 256 g/mol. The van der Waals surface area contributed by atoms with Crippen molar-refractivity contribution in [1.29, 1.82) is 5.26 Å². The fourth-order valence-corrected chi connectivity index (χ4v) is 1.70. The number of carboxylic acids is 1. The molecule has 0 atom stereocenters. The molecular formula is C15H20N2O3. The van der Waals surface area contributed by atoms with Crippen molar-refractivity contribution in [2.24, 2.45) is 0 Å². The van der Waals surface area contributed by atoms with E-state index in [1.807, 2.05) is 30.3 Å². The van der Waals surface area contributed by atoms with Crippen LogP contribution in [-0.4, -0.2) is 30.8 Å². The van der Waals surface area contributed by atoms with Gasteiger partial charge in [0.05, 0.1) is 19.1 Å². The van der Waals surface area contributed by atoms with Crippen LogP contribution in [0.4, 0.5) is 5.69 Å². The molecule has 0 unspecified atom stereocenters. The molecule has 1 rings (SSSR count). The highest BCUT2D eigenvalue weighted by molar-refractivity contribution is 5.67. The normalized spacial score (nSPS) is 9.80. The summed E-state index contributed by atoms with van der Waals surface area (Å²) >= 11 is 0. The maximum Gasteiger partial charge on any atom is 0.305 e. The van der Waals surface area contributed by atoms with Crippen molar-refractivity contribution in [3.05, 3.63) is 24.3 Å². The lowest BCUT2D eigenvalue weighted by Gasteiger charge is -2.21. The van der Waals surface area contributed by atoms with Gasteiger partial charge in [0.25, 0.3) is 0 Å². The first-order valence-corrected chi connectivity index (χ1v) is 6.74. The van der Waals surface area contributed by atoms with E-state index in [2.05, 4.69) is 6.92 Å². The van der Waals surface area contributed by atoms with Gasteiger partial charge < -0.3 is 14.7 Å². The number of benzene rings is 1. The molecule has 5 nitrogen and oxygen atoms in total. The first-order valence-electron chi connectivity index (χ1n) is 6.74. The molecule has 0 radical (unpaired) electrons. The summed E-state index contributed by atoms with van der Waals surface area (Å²) in [5.74, 6) is -0.0789. The molecule has 0 aliphatic heterocycles. The van der Waals surface area contributed by atoms with Crippen LogP contribution in [0.5, 0.6) is 5.75 Å². The van der Waals surface area contributed by atoms with E-state index in [1.54, 1.807) is 4.90 Å². The molecule has 1 aromatic carbocycles. The smallest absolute Gasteiger partial charge is 0.305 e. The summed E-state index contributed by atoms with van der Waals surface area (Å²) in [7, 11) is 0. The number of hydrogen-bond donors (Lipinski definition) is 1. The predicted octanol–water partition coefficient (Wildman–Crippen LogP) is 2.67. The van der Waals surface area contributed by atoms with Crippen LogP contribution in [0, 0.1) is 11.3 Å². The van der Waals surface area contributed by atoms with Crippen LogP contribution in [-0.2, 0) is 4.79 Å². The molecule has 0 fully saturated rings. The number of rotatable bonds is 9. The van der Waals surface area contributed by atoms with Crippen molar-refractivity contribution in [3.8, 4) is 11.8 Å². The van der Waals surface area contributed by atoms with Crippen LogP contribution < -0.4 is 9.64 Å². The molecule has 0 aliphatic carbocycles. The molecule has 1 N–H and O–H groups in total. The summed E-state index contributed by atoms with van der Waals surface area (Å²) < 4.78 is 5.56. The summed E-state index contributed by atoms with van der Waals surface area (Å²) in [6.07, 6.45) is 2.11. The summed E-state index contributed by atoms with van der Waals surface area (Å²) in [6.45, 7) is 3.29. The topological polar surface area (TPSA) is 73.6 Å². The minimum Gasteiger partial charge on any atom is -0.494 e. The van der Waals surface area contributed by atoms with Gasteiger partial charge in [-0.1, -0.05) is 13.3 Å². The van der Waals surface area contributed by atoms with Crippen molar-refractivity contribution < 1.29 is 14.6 Å². The average Bonchev–Trinajstić information content (AvgIpc) is 2.44. The number of ether oxygens (including phenoxy) is 1. The maximum absolute atomic E-state index is 10.6. The van der Waals surface area contributed by atoms with Gasteiger partial charge in [-0.3, -0.25) is 4.79 Å². The van der Waals surface area contributed by atoms with Gasteiger partial charge in [0.15, 0.2) is 0 Å². The van der Waals surface area contributed by atoms with E-state index in [0.29, 0.717) is 13.2 Å². The number of hydrogen-bond acceptors (Lipinski definition) is 4. The molecule has 0 spiro atoms. The number of nitrogens with zero attached hydrogens (tertiary/aromatic N) is 2. The number of anilines is 1. The molecule has 0 bridgehead atoms. The Bertz CT molecular complexity index is 451. The summed E-state index contributed by atoms with van der Waals surface area (Å²) in [5.41, 5.74) is 0.829. The van der Waals surface area contributed by atoms with E-state index < -0.39 is 5.97 Å². The van der Waals surface area contributed by atoms with Crippen LogP contribution in [0.1, 0.15) is 26.2 Å². The van der Waals surface area contributed by atoms with E-state index in [4.69, 9.17) is 15.1 Å². The second-order valence-corrected chi connectivity index (χ2v) is 4.42. The van der Waals surface area contributed by atoms with Gasteiger partial charge >= 0.3 is 5.97 Å². The van der Waals surface area contributed by atoms with E-state index in [9.17, 15) is 4.79 Å². The van der Waals surface area contributed by atoms with Crippen LogP contribution in [0.15, 0.2) is 24.3 Å². The highest BCUT2D eigenvalue weighted by Gasteiger charge is 2.08. The van der Waals surface area contributed by atoms with E-state index >= 15 is 0 Å². The number of nitriles is 1. The molecule has 108 valence electrons. The maximum atomic E-state index is 10.6. The van der Waals surface area contributed by atoms with Crippen LogP contribution in [0.3, 0.4) is 0 Å². The van der Waals surface area contributed by atoms with Crippen LogP contribution >= 0.6 is 0 Å². The van der Waals surface area contributed by atoms with Crippen molar-refractivity contribution >= 4 is 11.7 Å². The van der Waals surface area contributed by atoms with E-state index in [1.165, 1.54) is 0 Å². The van der Waals surface area contributed by atoms with Gasteiger partial charge in [0.1, 0.15) is 12.3 Å². The lowest BCUT2D eigenvalue weighted by molar-refractivity contribution is -0.136. The lowest BCUT2D eigenvalue weighted by Crippen LogP contribution is -2.26. The Morgan fingerprint density at radius 1 is 1.40 bits per heavy atom. The number of aliphatic carboxylic acids is 1. The highest BCUT2D eigenvalue weighted by Crippen LogP contribution is 2.19. The Morgan fingerprint density at radius 3 is 2.65 bits per heavy atom. The van der Waals surface area contributed by atoms with Crippen molar-refractivity contribution in [2.75, 3.05) is 24.6 Å². The largest absolute Gasteiger partial charge is 0.494 e. The molecule has 0 saturated carbocycles. The summed E-state index contributed by atoms with van der Waals surface area (Å²) in [6, 6.07) is 9.43. The third-order valence-corrected chi connectivity index (χ3v) is 2.83. The van der Waals surface area contributed by atoms with E-state index in [0.717, 1.165) is 24.3 Å². The Morgan fingerprint density at radius 2 is 2.10 bits per heavy atom. The minimum atomic E-state index is -0.868. The lowest BCUT2D eigenvalue weighted by atomic mass is 10.2. The quantitative estimate of drug-likeness (QED) is 0.554. The van der Waals surface area contributed by atoms with Gasteiger partial charge in [-0.25, -0.2) is 0 Å². The zero-order valence-corrected chi connectivity index (χ0v) is 11.7. The number of unbranched alkanes of at least 4 members (excludes halogenated alkanes) is 1. The van der Waals surface area contributed by atoms with Crippen molar-refractivity contribution in [3.63, 3.8) is 0 Å². The van der Waals surface area contributed by atoms with Crippen molar-refractivity contribution in [1.82, 2.24) is 0 Å². The second kappa shape index (κ2) is 8.81. The molecule has 0 amide bonds. The molecule has 0 heterocycles. The molecule has 20 heavy (non-hydrogen) atoms. The Hall–Kier alpha value is -2.22. The first kappa shape index (κ1) is 15.8. The first-order chi connectivity index (χ1) is 9.67. The Balaban J connectivity index is 2.62. The highest BCUT2D eigenvalue weighted by atomic mass is 16.5.